The Morgan fingerprint density at radius 1 is 1.43 bits per heavy atom. The van der Waals surface area contributed by atoms with Crippen molar-refractivity contribution in [3.8, 4) is 0 Å². The van der Waals surface area contributed by atoms with Crippen molar-refractivity contribution in [3.63, 3.8) is 0 Å². The summed E-state index contributed by atoms with van der Waals surface area (Å²) >= 11 is 3.40. The van der Waals surface area contributed by atoms with Crippen LogP contribution in [0.25, 0.3) is 0 Å². The van der Waals surface area contributed by atoms with Crippen LogP contribution in [0.4, 0.5) is 0 Å². The van der Waals surface area contributed by atoms with Crippen LogP contribution in [0.3, 0.4) is 0 Å². The van der Waals surface area contributed by atoms with E-state index in [1.165, 1.54) is 12.7 Å². The van der Waals surface area contributed by atoms with Crippen molar-refractivity contribution in [1.82, 2.24) is 0 Å². The molecule has 0 N–H and O–H groups in total. The average Bonchev–Trinajstić information content (AvgIpc) is 2.20. The monoisotopic (exact) mass is 256 g/mol. The molecule has 0 bridgehead atoms. The van der Waals surface area contributed by atoms with Gasteiger partial charge in [-0.2, -0.15) is 0 Å². The van der Waals surface area contributed by atoms with Gasteiger partial charge < -0.3 is 4.74 Å². The quantitative estimate of drug-likeness (QED) is 0.778. The number of benzene rings is 1. The minimum Gasteiger partial charge on any atom is -0.469 e. The lowest BCUT2D eigenvalue weighted by atomic mass is 10.0. The van der Waals surface area contributed by atoms with Crippen molar-refractivity contribution in [2.45, 2.75) is 19.8 Å². The molecule has 0 aliphatic carbocycles. The van der Waals surface area contributed by atoms with Gasteiger partial charge in [-0.15, -0.1) is 0 Å². The zero-order valence-electron chi connectivity index (χ0n) is 8.34. The largest absolute Gasteiger partial charge is 0.469 e. The normalized spacial score (nSPS) is 9.93. The molecular formula is C11H13BrO2. The maximum Gasteiger partial charge on any atom is 0.309 e. The fraction of sp³-hybridized carbons (Fsp3) is 0.364. The van der Waals surface area contributed by atoms with Gasteiger partial charge in [-0.25, -0.2) is 0 Å². The highest BCUT2D eigenvalue weighted by molar-refractivity contribution is 9.10. The molecule has 0 radical (unpaired) electrons. The molecule has 0 saturated carbocycles. The first-order chi connectivity index (χ1) is 6.67. The van der Waals surface area contributed by atoms with Crippen LogP contribution in [0.15, 0.2) is 22.7 Å². The number of halogens is 1. The molecule has 0 amide bonds. The van der Waals surface area contributed by atoms with Crippen LogP contribution < -0.4 is 0 Å². The van der Waals surface area contributed by atoms with Gasteiger partial charge in [-0.3, -0.25) is 4.79 Å². The summed E-state index contributed by atoms with van der Waals surface area (Å²) in [6, 6.07) is 5.94. The van der Waals surface area contributed by atoms with Gasteiger partial charge in [0.05, 0.1) is 13.5 Å². The molecule has 0 atom stereocenters. The molecule has 0 spiro atoms. The second-order valence-electron chi connectivity index (χ2n) is 3.02. The summed E-state index contributed by atoms with van der Waals surface area (Å²) in [5.41, 5.74) is 2.23. The first kappa shape index (κ1) is 11.2. The number of ether oxygens (including phenoxy) is 1. The summed E-state index contributed by atoms with van der Waals surface area (Å²) in [6.45, 7) is 2.07. The molecular weight excluding hydrogens is 244 g/mol. The summed E-state index contributed by atoms with van der Waals surface area (Å²) < 4.78 is 5.68. The van der Waals surface area contributed by atoms with E-state index in [2.05, 4.69) is 27.6 Å². The van der Waals surface area contributed by atoms with Gasteiger partial charge in [0.2, 0.25) is 0 Å². The molecule has 0 fully saturated rings. The predicted molar refractivity (Wildman–Crippen MR) is 59.2 cm³/mol. The molecule has 0 aliphatic heterocycles. The molecule has 3 heteroatoms. The highest BCUT2D eigenvalue weighted by atomic mass is 79.9. The van der Waals surface area contributed by atoms with E-state index in [0.29, 0.717) is 6.42 Å². The Labute approximate surface area is 92.4 Å². The van der Waals surface area contributed by atoms with E-state index in [1.54, 1.807) is 0 Å². The van der Waals surface area contributed by atoms with Gasteiger partial charge in [-0.05, 0) is 29.7 Å². The van der Waals surface area contributed by atoms with Gasteiger partial charge in [0, 0.05) is 4.47 Å². The van der Waals surface area contributed by atoms with Crippen molar-refractivity contribution >= 4 is 21.9 Å². The van der Waals surface area contributed by atoms with E-state index in [-0.39, 0.29) is 5.97 Å². The Morgan fingerprint density at radius 2 is 2.14 bits per heavy atom. The highest BCUT2D eigenvalue weighted by Gasteiger charge is 2.07. The average molecular weight is 257 g/mol. The Kier molecular flexibility index (Phi) is 4.14. The van der Waals surface area contributed by atoms with Gasteiger partial charge in [0.25, 0.3) is 0 Å². The fourth-order valence-electron chi connectivity index (χ4n) is 1.32. The Bertz CT molecular complexity index is 334. The molecule has 0 heterocycles. The molecule has 14 heavy (non-hydrogen) atoms. The van der Waals surface area contributed by atoms with Crippen LogP contribution in [0.2, 0.25) is 0 Å². The standard InChI is InChI=1S/C11H13BrO2/c1-3-8-6-10(12)5-4-9(8)7-11(13)14-2/h4-6H,3,7H2,1-2H3. The maximum atomic E-state index is 11.1. The number of methoxy groups -OCH3 is 1. The van der Waals surface area contributed by atoms with Crippen LogP contribution in [0.1, 0.15) is 18.1 Å². The van der Waals surface area contributed by atoms with E-state index < -0.39 is 0 Å². The first-order valence-corrected chi connectivity index (χ1v) is 5.30. The highest BCUT2D eigenvalue weighted by Crippen LogP contribution is 2.17. The lowest BCUT2D eigenvalue weighted by Gasteiger charge is -2.06. The number of esters is 1. The Hall–Kier alpha value is -0.830. The minimum absolute atomic E-state index is 0.193. The molecule has 0 aliphatic rings. The zero-order chi connectivity index (χ0) is 10.6. The van der Waals surface area contributed by atoms with Gasteiger partial charge in [0.15, 0.2) is 0 Å². The second kappa shape index (κ2) is 5.15. The summed E-state index contributed by atoms with van der Waals surface area (Å²) in [5, 5.41) is 0. The van der Waals surface area contributed by atoms with E-state index in [4.69, 9.17) is 0 Å². The van der Waals surface area contributed by atoms with Crippen molar-refractivity contribution in [3.05, 3.63) is 33.8 Å². The van der Waals surface area contributed by atoms with Crippen LogP contribution in [0, 0.1) is 0 Å². The molecule has 76 valence electrons. The number of aryl methyl sites for hydroxylation is 1. The third-order valence-electron chi connectivity index (χ3n) is 2.11. The first-order valence-electron chi connectivity index (χ1n) is 4.51. The third kappa shape index (κ3) is 2.84. The molecule has 1 aromatic rings. The van der Waals surface area contributed by atoms with E-state index in [1.807, 2.05) is 18.2 Å². The van der Waals surface area contributed by atoms with Crippen molar-refractivity contribution in [2.75, 3.05) is 7.11 Å². The molecule has 0 saturated heterocycles. The van der Waals surface area contributed by atoms with Gasteiger partial charge >= 0.3 is 5.97 Å². The smallest absolute Gasteiger partial charge is 0.309 e. The third-order valence-corrected chi connectivity index (χ3v) is 2.60. The SMILES string of the molecule is CCc1cc(Br)ccc1CC(=O)OC. The number of hydrogen-bond donors (Lipinski definition) is 0. The van der Waals surface area contributed by atoms with Crippen molar-refractivity contribution < 1.29 is 9.53 Å². The van der Waals surface area contributed by atoms with E-state index >= 15 is 0 Å². The van der Waals surface area contributed by atoms with Gasteiger partial charge in [-0.1, -0.05) is 28.9 Å². The van der Waals surface area contributed by atoms with Gasteiger partial charge in [0.1, 0.15) is 0 Å². The second-order valence-corrected chi connectivity index (χ2v) is 3.94. The van der Waals surface area contributed by atoms with Crippen LogP contribution >= 0.6 is 15.9 Å². The van der Waals surface area contributed by atoms with Crippen LogP contribution in [-0.4, -0.2) is 13.1 Å². The fourth-order valence-corrected chi connectivity index (χ4v) is 1.73. The van der Waals surface area contributed by atoms with E-state index in [9.17, 15) is 4.79 Å². The molecule has 1 aromatic carbocycles. The number of carbonyl (C=O) groups excluding carboxylic acids is 1. The van der Waals surface area contributed by atoms with Crippen molar-refractivity contribution in [1.29, 1.82) is 0 Å². The van der Waals surface area contributed by atoms with Crippen LogP contribution in [-0.2, 0) is 22.4 Å². The number of hydrogen-bond acceptors (Lipinski definition) is 2. The lowest BCUT2D eigenvalue weighted by Crippen LogP contribution is -2.06. The maximum absolute atomic E-state index is 11.1. The summed E-state index contributed by atoms with van der Waals surface area (Å²) in [6.07, 6.45) is 1.28. The molecule has 1 rings (SSSR count). The Balaban J connectivity index is 2.90. The Morgan fingerprint density at radius 3 is 2.71 bits per heavy atom. The number of rotatable bonds is 3. The molecule has 0 aromatic heterocycles. The molecule has 2 nitrogen and oxygen atoms in total. The zero-order valence-corrected chi connectivity index (χ0v) is 9.93. The summed E-state index contributed by atoms with van der Waals surface area (Å²) in [5.74, 6) is -0.193. The minimum atomic E-state index is -0.193. The van der Waals surface area contributed by atoms with E-state index in [0.717, 1.165) is 16.5 Å². The van der Waals surface area contributed by atoms with Crippen LogP contribution in [0.5, 0.6) is 0 Å². The topological polar surface area (TPSA) is 26.3 Å². The van der Waals surface area contributed by atoms with Crippen molar-refractivity contribution in [2.24, 2.45) is 0 Å². The molecule has 0 unspecified atom stereocenters. The summed E-state index contributed by atoms with van der Waals surface area (Å²) in [4.78, 5) is 11.1. The summed E-state index contributed by atoms with van der Waals surface area (Å²) in [7, 11) is 1.41. The number of carbonyl (C=O) groups is 1. The predicted octanol–water partition coefficient (Wildman–Crippen LogP) is 2.73. The lowest BCUT2D eigenvalue weighted by molar-refractivity contribution is -0.139.